The van der Waals surface area contributed by atoms with Gasteiger partial charge in [0.1, 0.15) is 12.9 Å². The maximum Gasteiger partial charge on any atom is 0.325 e. The number of amides is 2. The Morgan fingerprint density at radius 1 is 1.00 bits per heavy atom. The first-order valence-corrected chi connectivity index (χ1v) is 15.7. The molecule has 0 aliphatic carbocycles. The molecule has 1 aliphatic rings. The third-order valence-electron chi connectivity index (χ3n) is 7.25. The van der Waals surface area contributed by atoms with Gasteiger partial charge in [-0.1, -0.05) is 72.4 Å². The number of carbonyl (C=O) groups excluding carboxylic acids is 2. The van der Waals surface area contributed by atoms with E-state index in [0.29, 0.717) is 18.7 Å². The lowest BCUT2D eigenvalue weighted by molar-refractivity contribution is -0.245. The lowest BCUT2D eigenvalue weighted by Crippen LogP contribution is -2.38. The van der Waals surface area contributed by atoms with Gasteiger partial charge in [0, 0.05) is 31.3 Å². The number of carbonyl (C=O) groups is 2. The molecule has 0 radical (unpaired) electrons. The van der Waals surface area contributed by atoms with E-state index in [1.807, 2.05) is 78.3 Å². The first kappa shape index (κ1) is 32.2. The molecule has 11 nitrogen and oxygen atoms in total. The van der Waals surface area contributed by atoms with Gasteiger partial charge in [-0.15, -0.1) is 10.2 Å². The van der Waals surface area contributed by atoms with Crippen molar-refractivity contribution in [3.63, 3.8) is 0 Å². The summed E-state index contributed by atoms with van der Waals surface area (Å²) < 4.78 is 19.8. The lowest BCUT2D eigenvalue weighted by Gasteiger charge is -2.36. The summed E-state index contributed by atoms with van der Waals surface area (Å²) in [7, 11) is 1.92. The molecule has 2 heterocycles. The highest BCUT2D eigenvalue weighted by Crippen LogP contribution is 2.40. The summed E-state index contributed by atoms with van der Waals surface area (Å²) in [6.07, 6.45) is 1.44. The number of benzene rings is 3. The molecule has 45 heavy (non-hydrogen) atoms. The Morgan fingerprint density at radius 2 is 1.78 bits per heavy atom. The first-order chi connectivity index (χ1) is 21.9. The molecule has 0 saturated carbocycles. The van der Waals surface area contributed by atoms with Crippen LogP contribution in [0.2, 0.25) is 0 Å². The number of aromatic nitrogens is 3. The van der Waals surface area contributed by atoms with E-state index in [1.165, 1.54) is 0 Å². The normalized spacial score (nSPS) is 17.9. The average molecular weight is 632 g/mol. The minimum absolute atomic E-state index is 0.0127. The summed E-state index contributed by atoms with van der Waals surface area (Å²) in [4.78, 5) is 23.6. The van der Waals surface area contributed by atoms with Crippen LogP contribution in [0.4, 0.5) is 4.79 Å². The van der Waals surface area contributed by atoms with Crippen molar-refractivity contribution in [1.29, 1.82) is 0 Å². The number of nitrogens with zero attached hydrogens (tertiary/aromatic N) is 3. The van der Waals surface area contributed by atoms with Gasteiger partial charge in [-0.05, 0) is 46.9 Å². The Balaban J connectivity index is 1.29. The second-order valence-electron chi connectivity index (χ2n) is 10.6. The predicted octanol–water partition coefficient (Wildman–Crippen LogP) is 4.67. The van der Waals surface area contributed by atoms with Crippen molar-refractivity contribution in [1.82, 2.24) is 25.4 Å². The van der Waals surface area contributed by atoms with E-state index in [1.54, 1.807) is 25.0 Å². The van der Waals surface area contributed by atoms with Crippen molar-refractivity contribution in [3.8, 4) is 11.1 Å². The highest BCUT2D eigenvalue weighted by molar-refractivity contribution is 7.99. The second-order valence-corrected chi connectivity index (χ2v) is 11.5. The molecule has 3 aromatic carbocycles. The summed E-state index contributed by atoms with van der Waals surface area (Å²) in [5, 5.41) is 23.8. The van der Waals surface area contributed by atoms with Gasteiger partial charge in [0.05, 0.1) is 25.4 Å². The fraction of sp³-hybridized carbons (Fsp3) is 0.333. The van der Waals surface area contributed by atoms with Crippen molar-refractivity contribution in [2.24, 2.45) is 7.05 Å². The monoisotopic (exact) mass is 631 g/mol. The van der Waals surface area contributed by atoms with E-state index in [-0.39, 0.29) is 32.0 Å². The molecule has 1 saturated heterocycles. The summed E-state index contributed by atoms with van der Waals surface area (Å²) in [6, 6.07) is 23.3. The molecule has 0 bridgehead atoms. The molecular formula is C33H37N5O6S. The molecule has 1 aromatic heterocycles. The molecule has 12 heteroatoms. The van der Waals surface area contributed by atoms with E-state index in [4.69, 9.17) is 14.2 Å². The summed E-state index contributed by atoms with van der Waals surface area (Å²) in [5.41, 5.74) is 5.62. The third kappa shape index (κ3) is 8.92. The van der Waals surface area contributed by atoms with Crippen LogP contribution in [0.5, 0.6) is 0 Å². The zero-order valence-corrected chi connectivity index (χ0v) is 26.0. The van der Waals surface area contributed by atoms with Gasteiger partial charge >= 0.3 is 12.0 Å². The predicted molar refractivity (Wildman–Crippen MR) is 169 cm³/mol. The largest absolute Gasteiger partial charge is 0.465 e. The van der Waals surface area contributed by atoms with Crippen molar-refractivity contribution in [2.45, 2.75) is 50.2 Å². The van der Waals surface area contributed by atoms with Gasteiger partial charge in [-0.25, -0.2) is 4.79 Å². The molecule has 3 atom stereocenters. The number of ether oxygens (including phenoxy) is 3. The van der Waals surface area contributed by atoms with Gasteiger partial charge < -0.3 is 34.5 Å². The standard InChI is InChI=1S/C33H37N5O6S/c1-3-42-30(40)18-35-32(41)34-17-23-6-4-7-25(14-23)26-8-5-9-27(15-26)31-43-28(20-45-33-37-36-21-38(33)2)16-29(44-31)24-12-10-22(19-39)11-13-24/h4-15,21,28-29,31,39H,3,16-20H2,1-2H3,(H2,34,35,41)/t28-,29+,31+/m1/s1. The fourth-order valence-corrected chi connectivity index (χ4v) is 5.83. The van der Waals surface area contributed by atoms with Crippen LogP contribution in [-0.4, -0.2) is 56.9 Å². The molecule has 2 amide bonds. The van der Waals surface area contributed by atoms with E-state index >= 15 is 0 Å². The maximum atomic E-state index is 12.1. The van der Waals surface area contributed by atoms with Crippen molar-refractivity contribution < 1.29 is 28.9 Å². The van der Waals surface area contributed by atoms with Crippen molar-refractivity contribution in [3.05, 3.63) is 101 Å². The summed E-state index contributed by atoms with van der Waals surface area (Å²) in [5.74, 6) is 0.196. The van der Waals surface area contributed by atoms with Gasteiger partial charge in [-0.3, -0.25) is 4.79 Å². The molecule has 5 rings (SSSR count). The van der Waals surface area contributed by atoms with Crippen molar-refractivity contribution in [2.75, 3.05) is 18.9 Å². The Kier molecular flexibility index (Phi) is 11.2. The SMILES string of the molecule is CCOC(=O)CNC(=O)NCc1cccc(-c2cccc([C@H]3O[C@@H](CSc4nncn4C)C[C@@H](c4ccc(CO)cc4)O3)c2)c1. The van der Waals surface area contributed by atoms with Gasteiger partial charge in [0.15, 0.2) is 11.4 Å². The molecule has 3 N–H and O–H groups in total. The van der Waals surface area contributed by atoms with Gasteiger partial charge in [0.25, 0.3) is 0 Å². The quantitative estimate of drug-likeness (QED) is 0.150. The first-order valence-electron chi connectivity index (χ1n) is 14.8. The number of hydrogen-bond acceptors (Lipinski definition) is 9. The van der Waals surface area contributed by atoms with Crippen LogP contribution in [0.25, 0.3) is 11.1 Å². The Morgan fingerprint density at radius 3 is 2.51 bits per heavy atom. The molecule has 0 spiro atoms. The number of hydrogen-bond donors (Lipinski definition) is 3. The van der Waals surface area contributed by atoms with E-state index in [0.717, 1.165) is 38.5 Å². The molecule has 1 fully saturated rings. The topological polar surface area (TPSA) is 137 Å². The smallest absolute Gasteiger partial charge is 0.325 e. The number of aliphatic hydroxyl groups excluding tert-OH is 1. The Bertz CT molecular complexity index is 1580. The highest BCUT2D eigenvalue weighted by Gasteiger charge is 2.32. The minimum atomic E-state index is -0.598. The number of rotatable bonds is 12. The van der Waals surface area contributed by atoms with E-state index < -0.39 is 18.3 Å². The molecule has 4 aromatic rings. The van der Waals surface area contributed by atoms with Crippen LogP contribution >= 0.6 is 11.8 Å². The summed E-state index contributed by atoms with van der Waals surface area (Å²) in [6.45, 7) is 2.07. The Hall–Kier alpha value is -4.23. The van der Waals surface area contributed by atoms with Crippen LogP contribution in [-0.2, 0) is 39.2 Å². The average Bonchev–Trinajstić information content (AvgIpc) is 3.50. The number of thioether (sulfide) groups is 1. The van der Waals surface area contributed by atoms with Crippen LogP contribution in [0.15, 0.2) is 84.3 Å². The minimum Gasteiger partial charge on any atom is -0.465 e. The maximum absolute atomic E-state index is 12.1. The number of aryl methyl sites for hydroxylation is 1. The number of aliphatic hydroxyl groups is 1. The van der Waals surface area contributed by atoms with E-state index in [2.05, 4.69) is 26.9 Å². The Labute approximate surface area is 266 Å². The lowest BCUT2D eigenvalue weighted by atomic mass is 9.99. The number of urea groups is 1. The van der Waals surface area contributed by atoms with E-state index in [9.17, 15) is 14.7 Å². The summed E-state index contributed by atoms with van der Waals surface area (Å²) >= 11 is 1.59. The molecular weight excluding hydrogens is 594 g/mol. The highest BCUT2D eigenvalue weighted by atomic mass is 32.2. The van der Waals surface area contributed by atoms with Gasteiger partial charge in [-0.2, -0.15) is 0 Å². The number of esters is 1. The van der Waals surface area contributed by atoms with Gasteiger partial charge in [0.2, 0.25) is 0 Å². The van der Waals surface area contributed by atoms with Crippen LogP contribution < -0.4 is 10.6 Å². The second kappa shape index (κ2) is 15.7. The fourth-order valence-electron chi connectivity index (χ4n) is 4.93. The third-order valence-corrected chi connectivity index (χ3v) is 8.42. The zero-order chi connectivity index (χ0) is 31.6. The van der Waals surface area contributed by atoms with Crippen molar-refractivity contribution >= 4 is 23.8 Å². The molecule has 1 aliphatic heterocycles. The van der Waals surface area contributed by atoms with Crippen LogP contribution in [0, 0.1) is 0 Å². The van der Waals surface area contributed by atoms with Crippen LogP contribution in [0.3, 0.4) is 0 Å². The zero-order valence-electron chi connectivity index (χ0n) is 25.2. The molecule has 0 unspecified atom stereocenters. The van der Waals surface area contributed by atoms with Crippen LogP contribution in [0.1, 0.15) is 48.0 Å². The molecule has 236 valence electrons. The number of nitrogens with one attached hydrogen (secondary N) is 2.